The van der Waals surface area contributed by atoms with E-state index in [1.165, 1.54) is 31.5 Å². The molecule has 1 aliphatic carbocycles. The monoisotopic (exact) mass is 253 g/mol. The molecule has 0 atom stereocenters. The molecule has 0 saturated heterocycles. The average molecular weight is 253 g/mol. The van der Waals surface area contributed by atoms with Crippen LogP contribution < -0.4 is 5.73 Å². The molecule has 0 amide bonds. The van der Waals surface area contributed by atoms with E-state index in [1.54, 1.807) is 0 Å². The van der Waals surface area contributed by atoms with Crippen molar-refractivity contribution in [3.05, 3.63) is 11.5 Å². The second-order valence-corrected chi connectivity index (χ2v) is 5.76. The zero-order valence-corrected chi connectivity index (χ0v) is 11.7. The van der Waals surface area contributed by atoms with Crippen LogP contribution >= 0.6 is 11.8 Å². The number of nitrogens with zero attached hydrogens (tertiary/aromatic N) is 2. The first-order valence-corrected chi connectivity index (χ1v) is 8.01. The first kappa shape index (κ1) is 12.8. The lowest BCUT2D eigenvalue weighted by molar-refractivity contribution is 0.603. The van der Waals surface area contributed by atoms with Crippen LogP contribution in [0.15, 0.2) is 0 Å². The van der Waals surface area contributed by atoms with Crippen LogP contribution in [-0.4, -0.2) is 21.6 Å². The summed E-state index contributed by atoms with van der Waals surface area (Å²) in [5, 5.41) is 0. The van der Waals surface area contributed by atoms with Crippen molar-refractivity contribution < 1.29 is 0 Å². The molecule has 4 heteroatoms. The van der Waals surface area contributed by atoms with Crippen molar-refractivity contribution in [2.45, 2.75) is 51.5 Å². The Labute approximate surface area is 108 Å². The minimum Gasteiger partial charge on any atom is -0.384 e. The number of anilines is 1. The van der Waals surface area contributed by atoms with Crippen LogP contribution in [0.2, 0.25) is 0 Å². The van der Waals surface area contributed by atoms with Gasteiger partial charge in [0.05, 0.1) is 5.69 Å². The zero-order valence-electron chi connectivity index (χ0n) is 10.9. The van der Waals surface area contributed by atoms with E-state index in [1.807, 2.05) is 11.8 Å². The van der Waals surface area contributed by atoms with Gasteiger partial charge in [-0.3, -0.25) is 0 Å². The summed E-state index contributed by atoms with van der Waals surface area (Å²) in [5.74, 6) is 3.91. The summed E-state index contributed by atoms with van der Waals surface area (Å²) in [6.45, 7) is 3.11. The maximum absolute atomic E-state index is 6.21. The molecule has 0 radical (unpaired) electrons. The van der Waals surface area contributed by atoms with E-state index < -0.39 is 0 Å². The molecular formula is C13H23N3S. The molecule has 1 fully saturated rings. The number of hydrogen-bond acceptors (Lipinski definition) is 3. The van der Waals surface area contributed by atoms with E-state index in [-0.39, 0.29) is 0 Å². The third-order valence-electron chi connectivity index (χ3n) is 3.69. The maximum Gasteiger partial charge on any atom is 0.126 e. The third-order valence-corrected chi connectivity index (χ3v) is 4.30. The van der Waals surface area contributed by atoms with Gasteiger partial charge in [0.1, 0.15) is 11.6 Å². The molecule has 1 saturated carbocycles. The van der Waals surface area contributed by atoms with Crippen LogP contribution in [0.3, 0.4) is 0 Å². The Morgan fingerprint density at radius 3 is 2.71 bits per heavy atom. The lowest BCUT2D eigenvalue weighted by Gasteiger charge is -2.11. The SMILES string of the molecule is CCn1c(C2CCCC2)nc(CCSC)c1N. The summed E-state index contributed by atoms with van der Waals surface area (Å²) in [4.78, 5) is 4.82. The number of aromatic nitrogens is 2. The highest BCUT2D eigenvalue weighted by Crippen LogP contribution is 2.35. The van der Waals surface area contributed by atoms with E-state index in [4.69, 9.17) is 10.7 Å². The fourth-order valence-electron chi connectivity index (χ4n) is 2.75. The zero-order chi connectivity index (χ0) is 12.3. The summed E-state index contributed by atoms with van der Waals surface area (Å²) in [7, 11) is 0. The number of nitrogens with two attached hydrogens (primary N) is 1. The largest absolute Gasteiger partial charge is 0.384 e. The van der Waals surface area contributed by atoms with Gasteiger partial charge >= 0.3 is 0 Å². The Morgan fingerprint density at radius 2 is 2.12 bits per heavy atom. The van der Waals surface area contributed by atoms with E-state index in [0.29, 0.717) is 5.92 Å². The molecule has 0 aromatic carbocycles. The van der Waals surface area contributed by atoms with Crippen molar-refractivity contribution in [1.29, 1.82) is 0 Å². The van der Waals surface area contributed by atoms with Gasteiger partial charge in [-0.2, -0.15) is 11.8 Å². The highest BCUT2D eigenvalue weighted by atomic mass is 32.2. The topological polar surface area (TPSA) is 43.8 Å². The number of hydrogen-bond donors (Lipinski definition) is 1. The van der Waals surface area contributed by atoms with Crippen LogP contribution in [-0.2, 0) is 13.0 Å². The molecule has 0 unspecified atom stereocenters. The maximum atomic E-state index is 6.21. The Morgan fingerprint density at radius 1 is 1.41 bits per heavy atom. The van der Waals surface area contributed by atoms with Crippen LogP contribution in [0.1, 0.15) is 50.0 Å². The first-order chi connectivity index (χ1) is 8.27. The van der Waals surface area contributed by atoms with E-state index in [2.05, 4.69) is 17.7 Å². The van der Waals surface area contributed by atoms with Crippen LogP contribution in [0.5, 0.6) is 0 Å². The quantitative estimate of drug-likeness (QED) is 0.877. The lowest BCUT2D eigenvalue weighted by Crippen LogP contribution is -2.08. The number of thioether (sulfide) groups is 1. The molecule has 2 N–H and O–H groups in total. The van der Waals surface area contributed by atoms with Crippen molar-refractivity contribution in [3.63, 3.8) is 0 Å². The Bertz CT molecular complexity index is 367. The van der Waals surface area contributed by atoms with Crippen LogP contribution in [0.25, 0.3) is 0 Å². The van der Waals surface area contributed by atoms with Crippen molar-refractivity contribution >= 4 is 17.6 Å². The number of imidazole rings is 1. The second kappa shape index (κ2) is 5.80. The molecule has 1 heterocycles. The summed E-state index contributed by atoms with van der Waals surface area (Å²) < 4.78 is 2.23. The highest BCUT2D eigenvalue weighted by molar-refractivity contribution is 7.98. The molecule has 96 valence electrons. The predicted octanol–water partition coefficient (Wildman–Crippen LogP) is 3.05. The molecule has 0 aliphatic heterocycles. The molecular weight excluding hydrogens is 230 g/mol. The van der Waals surface area contributed by atoms with Gasteiger partial charge in [0.2, 0.25) is 0 Å². The van der Waals surface area contributed by atoms with Crippen LogP contribution in [0.4, 0.5) is 5.82 Å². The highest BCUT2D eigenvalue weighted by Gasteiger charge is 2.24. The number of aryl methyl sites for hydroxylation is 1. The van der Waals surface area contributed by atoms with E-state index in [9.17, 15) is 0 Å². The van der Waals surface area contributed by atoms with Gasteiger partial charge < -0.3 is 10.3 Å². The molecule has 1 aromatic heterocycles. The van der Waals surface area contributed by atoms with Gasteiger partial charge in [-0.25, -0.2) is 4.98 Å². The average Bonchev–Trinajstić information content (AvgIpc) is 2.94. The van der Waals surface area contributed by atoms with Gasteiger partial charge in [-0.05, 0) is 31.8 Å². The van der Waals surface area contributed by atoms with E-state index in [0.717, 1.165) is 30.2 Å². The standard InChI is InChI=1S/C13H23N3S/c1-3-16-12(14)11(8-9-17-2)15-13(16)10-6-4-5-7-10/h10H,3-9,14H2,1-2H3. The predicted molar refractivity (Wildman–Crippen MR) is 75.6 cm³/mol. The molecule has 0 spiro atoms. The number of nitrogen functional groups attached to an aromatic ring is 1. The van der Waals surface area contributed by atoms with Crippen LogP contribution in [0, 0.1) is 0 Å². The summed E-state index contributed by atoms with van der Waals surface area (Å²) in [5.41, 5.74) is 7.33. The molecule has 3 nitrogen and oxygen atoms in total. The van der Waals surface area contributed by atoms with Gasteiger partial charge in [0.15, 0.2) is 0 Å². The number of rotatable bonds is 5. The summed E-state index contributed by atoms with van der Waals surface area (Å²) in [6, 6.07) is 0. The lowest BCUT2D eigenvalue weighted by atomic mass is 10.1. The third kappa shape index (κ3) is 2.62. The van der Waals surface area contributed by atoms with Gasteiger partial charge in [-0.15, -0.1) is 0 Å². The first-order valence-electron chi connectivity index (χ1n) is 6.61. The molecule has 17 heavy (non-hydrogen) atoms. The Hall–Kier alpha value is -0.640. The molecule has 1 aliphatic rings. The van der Waals surface area contributed by atoms with Crippen molar-refractivity contribution in [1.82, 2.24) is 9.55 Å². The Balaban J connectivity index is 2.24. The second-order valence-electron chi connectivity index (χ2n) is 4.77. The fraction of sp³-hybridized carbons (Fsp3) is 0.769. The fourth-order valence-corrected chi connectivity index (χ4v) is 3.14. The molecule has 1 aromatic rings. The molecule has 2 rings (SSSR count). The van der Waals surface area contributed by atoms with Crippen molar-refractivity contribution in [2.75, 3.05) is 17.7 Å². The summed E-state index contributed by atoms with van der Waals surface area (Å²) in [6.07, 6.45) is 8.41. The van der Waals surface area contributed by atoms with E-state index >= 15 is 0 Å². The smallest absolute Gasteiger partial charge is 0.126 e. The van der Waals surface area contributed by atoms with Gasteiger partial charge in [0, 0.05) is 18.9 Å². The minimum absolute atomic E-state index is 0.653. The minimum atomic E-state index is 0.653. The Kier molecular flexibility index (Phi) is 4.37. The summed E-state index contributed by atoms with van der Waals surface area (Å²) >= 11 is 1.86. The molecule has 0 bridgehead atoms. The van der Waals surface area contributed by atoms with Gasteiger partial charge in [-0.1, -0.05) is 12.8 Å². The van der Waals surface area contributed by atoms with Crippen molar-refractivity contribution in [2.24, 2.45) is 0 Å². The normalized spacial score (nSPS) is 16.8. The van der Waals surface area contributed by atoms with Crippen molar-refractivity contribution in [3.8, 4) is 0 Å². The van der Waals surface area contributed by atoms with Gasteiger partial charge in [0.25, 0.3) is 0 Å².